The Labute approximate surface area is 116 Å². The molecule has 0 N–H and O–H groups in total. The molecule has 94 valence electrons. The number of nitrogens with zero attached hydrogens (tertiary/aromatic N) is 2. The highest BCUT2D eigenvalue weighted by Crippen LogP contribution is 2.28. The smallest absolute Gasteiger partial charge is 0.0780 e. The SMILES string of the molecule is c1cnc2ccc(-c3cccc4cccnc34)cc2c1. The van der Waals surface area contributed by atoms with Gasteiger partial charge in [0.2, 0.25) is 0 Å². The molecule has 20 heavy (non-hydrogen) atoms. The maximum Gasteiger partial charge on any atom is 0.0780 e. The van der Waals surface area contributed by atoms with Gasteiger partial charge in [-0.2, -0.15) is 0 Å². The van der Waals surface area contributed by atoms with E-state index in [9.17, 15) is 0 Å². The summed E-state index contributed by atoms with van der Waals surface area (Å²) in [5.41, 5.74) is 4.39. The quantitative estimate of drug-likeness (QED) is 0.503. The Balaban J connectivity index is 2.01. The molecule has 0 aliphatic heterocycles. The fourth-order valence-corrected chi connectivity index (χ4v) is 2.58. The molecule has 2 aromatic carbocycles. The predicted molar refractivity (Wildman–Crippen MR) is 82.5 cm³/mol. The van der Waals surface area contributed by atoms with E-state index >= 15 is 0 Å². The van der Waals surface area contributed by atoms with Crippen LogP contribution in [0, 0.1) is 0 Å². The lowest BCUT2D eigenvalue weighted by Gasteiger charge is -2.07. The molecule has 2 heteroatoms. The van der Waals surface area contributed by atoms with Crippen LogP contribution in [0.5, 0.6) is 0 Å². The lowest BCUT2D eigenvalue weighted by atomic mass is 10.0. The topological polar surface area (TPSA) is 25.8 Å². The number of fused-ring (bicyclic) bond motifs is 2. The van der Waals surface area contributed by atoms with E-state index in [-0.39, 0.29) is 0 Å². The van der Waals surface area contributed by atoms with Crippen molar-refractivity contribution >= 4 is 21.8 Å². The molecule has 4 aromatic rings. The molecule has 0 unspecified atom stereocenters. The zero-order chi connectivity index (χ0) is 13.4. The third-order valence-corrected chi connectivity index (χ3v) is 3.55. The molecule has 4 rings (SSSR count). The molecule has 0 atom stereocenters. The van der Waals surface area contributed by atoms with Crippen molar-refractivity contribution in [3.8, 4) is 11.1 Å². The Morgan fingerprint density at radius 3 is 2.40 bits per heavy atom. The highest BCUT2D eigenvalue weighted by molar-refractivity contribution is 5.95. The molecule has 0 spiro atoms. The lowest BCUT2D eigenvalue weighted by molar-refractivity contribution is 1.40. The minimum Gasteiger partial charge on any atom is -0.256 e. The number of benzene rings is 2. The number of hydrogen-bond acceptors (Lipinski definition) is 2. The van der Waals surface area contributed by atoms with E-state index in [1.165, 1.54) is 5.56 Å². The van der Waals surface area contributed by atoms with Gasteiger partial charge < -0.3 is 0 Å². The van der Waals surface area contributed by atoms with Gasteiger partial charge >= 0.3 is 0 Å². The van der Waals surface area contributed by atoms with Gasteiger partial charge in [-0.15, -0.1) is 0 Å². The molecule has 2 aromatic heterocycles. The van der Waals surface area contributed by atoms with Gasteiger partial charge in [-0.1, -0.05) is 36.4 Å². The van der Waals surface area contributed by atoms with Gasteiger partial charge in [0.25, 0.3) is 0 Å². The fraction of sp³-hybridized carbons (Fsp3) is 0. The number of pyridine rings is 2. The first-order valence-electron chi connectivity index (χ1n) is 6.61. The van der Waals surface area contributed by atoms with Crippen molar-refractivity contribution in [2.24, 2.45) is 0 Å². The van der Waals surface area contributed by atoms with Crippen molar-refractivity contribution in [1.82, 2.24) is 9.97 Å². The van der Waals surface area contributed by atoms with E-state index in [4.69, 9.17) is 0 Å². The molecule has 0 radical (unpaired) electrons. The Bertz CT molecular complexity index is 908. The normalized spacial score (nSPS) is 11.0. The van der Waals surface area contributed by atoms with E-state index in [0.717, 1.165) is 27.4 Å². The number of aromatic nitrogens is 2. The average Bonchev–Trinajstić information content (AvgIpc) is 2.54. The van der Waals surface area contributed by atoms with Crippen molar-refractivity contribution in [3.63, 3.8) is 0 Å². The molecule has 0 aliphatic carbocycles. The summed E-state index contributed by atoms with van der Waals surface area (Å²) in [6.07, 6.45) is 3.66. The summed E-state index contributed by atoms with van der Waals surface area (Å²) in [6.45, 7) is 0. The highest BCUT2D eigenvalue weighted by Gasteiger charge is 2.05. The summed E-state index contributed by atoms with van der Waals surface area (Å²) in [6, 6.07) is 20.7. The Morgan fingerprint density at radius 1 is 0.650 bits per heavy atom. The second kappa shape index (κ2) is 4.42. The second-order valence-electron chi connectivity index (χ2n) is 4.79. The zero-order valence-corrected chi connectivity index (χ0v) is 10.8. The van der Waals surface area contributed by atoms with Gasteiger partial charge in [-0.25, -0.2) is 0 Å². The molecule has 0 amide bonds. The lowest BCUT2D eigenvalue weighted by Crippen LogP contribution is -1.85. The summed E-state index contributed by atoms with van der Waals surface area (Å²) in [7, 11) is 0. The molecule has 0 fully saturated rings. The summed E-state index contributed by atoms with van der Waals surface area (Å²) < 4.78 is 0. The Kier molecular flexibility index (Phi) is 2.46. The first-order chi connectivity index (χ1) is 9.92. The van der Waals surface area contributed by atoms with Crippen molar-refractivity contribution in [1.29, 1.82) is 0 Å². The zero-order valence-electron chi connectivity index (χ0n) is 10.8. The van der Waals surface area contributed by atoms with Crippen molar-refractivity contribution in [3.05, 3.63) is 73.1 Å². The third kappa shape index (κ3) is 1.74. The molecule has 2 heterocycles. The van der Waals surface area contributed by atoms with E-state index < -0.39 is 0 Å². The van der Waals surface area contributed by atoms with Crippen LogP contribution in [0.1, 0.15) is 0 Å². The molecular weight excluding hydrogens is 244 g/mol. The van der Waals surface area contributed by atoms with Crippen LogP contribution in [0.2, 0.25) is 0 Å². The van der Waals surface area contributed by atoms with Crippen molar-refractivity contribution < 1.29 is 0 Å². The van der Waals surface area contributed by atoms with E-state index in [1.54, 1.807) is 0 Å². The standard InChI is InChI=1S/C18H12N2/c1-4-13-5-2-11-20-18(13)16(7-1)14-8-9-17-15(12-14)6-3-10-19-17/h1-12H. The Hall–Kier alpha value is -2.74. The minimum absolute atomic E-state index is 1.02. The van der Waals surface area contributed by atoms with Crippen LogP contribution < -0.4 is 0 Å². The van der Waals surface area contributed by atoms with E-state index in [1.807, 2.05) is 24.5 Å². The first-order valence-corrected chi connectivity index (χ1v) is 6.61. The van der Waals surface area contributed by atoms with Crippen LogP contribution in [0.3, 0.4) is 0 Å². The van der Waals surface area contributed by atoms with E-state index in [2.05, 4.69) is 58.5 Å². The summed E-state index contributed by atoms with van der Waals surface area (Å²) in [5.74, 6) is 0. The molecule has 0 bridgehead atoms. The van der Waals surface area contributed by atoms with Crippen LogP contribution >= 0.6 is 0 Å². The fourth-order valence-electron chi connectivity index (χ4n) is 2.58. The van der Waals surface area contributed by atoms with Crippen LogP contribution in [-0.4, -0.2) is 9.97 Å². The maximum atomic E-state index is 4.52. The van der Waals surface area contributed by atoms with Crippen LogP contribution in [0.25, 0.3) is 32.9 Å². The Morgan fingerprint density at radius 2 is 1.45 bits per heavy atom. The van der Waals surface area contributed by atoms with Gasteiger partial charge in [0, 0.05) is 28.7 Å². The molecule has 0 saturated heterocycles. The molecule has 0 aliphatic rings. The van der Waals surface area contributed by atoms with Gasteiger partial charge in [-0.3, -0.25) is 9.97 Å². The van der Waals surface area contributed by atoms with Crippen molar-refractivity contribution in [2.45, 2.75) is 0 Å². The second-order valence-corrected chi connectivity index (χ2v) is 4.79. The van der Waals surface area contributed by atoms with Gasteiger partial charge in [-0.05, 0) is 29.8 Å². The number of rotatable bonds is 1. The predicted octanol–water partition coefficient (Wildman–Crippen LogP) is 4.45. The van der Waals surface area contributed by atoms with E-state index in [0.29, 0.717) is 0 Å². The van der Waals surface area contributed by atoms with Gasteiger partial charge in [0.1, 0.15) is 0 Å². The van der Waals surface area contributed by atoms with Crippen LogP contribution in [0.4, 0.5) is 0 Å². The average molecular weight is 256 g/mol. The number of hydrogen-bond donors (Lipinski definition) is 0. The first kappa shape index (κ1) is 11.1. The largest absolute Gasteiger partial charge is 0.256 e. The third-order valence-electron chi connectivity index (χ3n) is 3.55. The molecule has 0 saturated carbocycles. The highest BCUT2D eigenvalue weighted by atomic mass is 14.7. The summed E-state index contributed by atoms with van der Waals surface area (Å²) >= 11 is 0. The summed E-state index contributed by atoms with van der Waals surface area (Å²) in [5, 5.41) is 2.31. The minimum atomic E-state index is 1.02. The monoisotopic (exact) mass is 256 g/mol. The number of para-hydroxylation sites is 1. The van der Waals surface area contributed by atoms with Crippen molar-refractivity contribution in [2.75, 3.05) is 0 Å². The molecular formula is C18H12N2. The summed E-state index contributed by atoms with van der Waals surface area (Å²) in [4.78, 5) is 8.88. The van der Waals surface area contributed by atoms with Crippen LogP contribution in [-0.2, 0) is 0 Å². The van der Waals surface area contributed by atoms with Gasteiger partial charge in [0.15, 0.2) is 0 Å². The molecule has 2 nitrogen and oxygen atoms in total. The van der Waals surface area contributed by atoms with Crippen LogP contribution in [0.15, 0.2) is 73.1 Å². The maximum absolute atomic E-state index is 4.52. The van der Waals surface area contributed by atoms with Gasteiger partial charge in [0.05, 0.1) is 11.0 Å².